The zero-order chi connectivity index (χ0) is 12.1. The van der Waals surface area contributed by atoms with Crippen LogP contribution in [0.5, 0.6) is 0 Å². The summed E-state index contributed by atoms with van der Waals surface area (Å²) in [7, 11) is 0. The van der Waals surface area contributed by atoms with Crippen LogP contribution in [-0.4, -0.2) is 35.4 Å². The first-order chi connectivity index (χ1) is 7.54. The lowest BCUT2D eigenvalue weighted by Crippen LogP contribution is -2.33. The third-order valence-corrected chi connectivity index (χ3v) is 3.12. The van der Waals surface area contributed by atoms with Crippen LogP contribution in [-0.2, 0) is 0 Å². The summed E-state index contributed by atoms with van der Waals surface area (Å²) in [5.41, 5.74) is 0.401. The average Bonchev–Trinajstić information content (AvgIpc) is 2.29. The first-order valence-electron chi connectivity index (χ1n) is 4.56. The first-order valence-corrected chi connectivity index (χ1v) is 5.74. The van der Waals surface area contributed by atoms with Crippen LogP contribution in [0.4, 0.5) is 0 Å². The Labute approximate surface area is 106 Å². The molecule has 1 atom stereocenters. The molecule has 0 aliphatic carbocycles. The van der Waals surface area contributed by atoms with Gasteiger partial charge in [0.15, 0.2) is 0 Å². The molecular weight excluding hydrogens is 297 g/mol. The van der Waals surface area contributed by atoms with Crippen LogP contribution in [0, 0.1) is 0 Å². The maximum Gasteiger partial charge on any atom is 0.251 e. The van der Waals surface area contributed by atoms with Crippen molar-refractivity contribution in [2.45, 2.75) is 6.10 Å². The lowest BCUT2D eigenvalue weighted by molar-refractivity contribution is 0.0802. The van der Waals surface area contributed by atoms with E-state index in [1.807, 2.05) is 0 Å². The molecular formula is C10H11BrClNO3. The molecule has 0 spiro atoms. The van der Waals surface area contributed by atoms with Gasteiger partial charge in [-0.3, -0.25) is 4.79 Å². The number of aliphatic hydroxyl groups excluding tert-OH is 2. The number of halogens is 2. The van der Waals surface area contributed by atoms with E-state index < -0.39 is 6.10 Å². The highest BCUT2D eigenvalue weighted by Gasteiger charge is 2.09. The molecule has 1 amide bonds. The summed E-state index contributed by atoms with van der Waals surface area (Å²) in [6, 6.07) is 4.79. The molecule has 3 N–H and O–H groups in total. The Balaban J connectivity index is 2.63. The summed E-state index contributed by atoms with van der Waals surface area (Å²) < 4.78 is 0.709. The van der Waals surface area contributed by atoms with E-state index in [-0.39, 0.29) is 19.1 Å². The SMILES string of the molecule is O=C(NCC(O)CO)c1ccc(Br)c(Cl)c1. The van der Waals surface area contributed by atoms with E-state index in [9.17, 15) is 4.79 Å². The largest absolute Gasteiger partial charge is 0.394 e. The van der Waals surface area contributed by atoms with Crippen LogP contribution in [0.25, 0.3) is 0 Å². The Kier molecular flexibility index (Phi) is 5.21. The Morgan fingerprint density at radius 1 is 1.56 bits per heavy atom. The third kappa shape index (κ3) is 3.75. The van der Waals surface area contributed by atoms with Crippen LogP contribution < -0.4 is 5.32 Å². The Morgan fingerprint density at radius 2 is 2.25 bits per heavy atom. The molecule has 0 saturated carbocycles. The van der Waals surface area contributed by atoms with Crippen molar-refractivity contribution in [3.8, 4) is 0 Å². The summed E-state index contributed by atoms with van der Waals surface area (Å²) in [5, 5.41) is 20.5. The smallest absolute Gasteiger partial charge is 0.251 e. The van der Waals surface area contributed by atoms with Crippen LogP contribution in [0.3, 0.4) is 0 Å². The van der Waals surface area contributed by atoms with Gasteiger partial charge in [-0.2, -0.15) is 0 Å². The summed E-state index contributed by atoms with van der Waals surface area (Å²) in [6.07, 6.45) is -0.949. The second kappa shape index (κ2) is 6.20. The quantitative estimate of drug-likeness (QED) is 0.782. The molecule has 1 unspecified atom stereocenters. The van der Waals surface area contributed by atoms with Gasteiger partial charge in [-0.05, 0) is 34.1 Å². The molecule has 1 rings (SSSR count). The molecule has 1 aromatic rings. The van der Waals surface area contributed by atoms with Crippen LogP contribution >= 0.6 is 27.5 Å². The second-order valence-electron chi connectivity index (χ2n) is 3.18. The van der Waals surface area contributed by atoms with Gasteiger partial charge in [0.25, 0.3) is 5.91 Å². The van der Waals surface area contributed by atoms with Crippen molar-refractivity contribution < 1.29 is 15.0 Å². The van der Waals surface area contributed by atoms with E-state index in [1.54, 1.807) is 12.1 Å². The van der Waals surface area contributed by atoms with E-state index in [2.05, 4.69) is 21.2 Å². The molecule has 0 fully saturated rings. The van der Waals surface area contributed by atoms with Crippen molar-refractivity contribution in [1.82, 2.24) is 5.32 Å². The number of carbonyl (C=O) groups is 1. The highest BCUT2D eigenvalue weighted by Crippen LogP contribution is 2.22. The molecule has 4 nitrogen and oxygen atoms in total. The maximum atomic E-state index is 11.6. The average molecular weight is 309 g/mol. The van der Waals surface area contributed by atoms with Gasteiger partial charge in [0, 0.05) is 16.6 Å². The van der Waals surface area contributed by atoms with Gasteiger partial charge in [-0.1, -0.05) is 11.6 Å². The lowest BCUT2D eigenvalue weighted by Gasteiger charge is -2.09. The lowest BCUT2D eigenvalue weighted by atomic mass is 10.2. The number of hydrogen-bond acceptors (Lipinski definition) is 3. The molecule has 6 heteroatoms. The summed E-state index contributed by atoms with van der Waals surface area (Å²) >= 11 is 9.05. The van der Waals surface area contributed by atoms with E-state index in [4.69, 9.17) is 21.8 Å². The molecule has 0 bridgehead atoms. The van der Waals surface area contributed by atoms with E-state index in [1.165, 1.54) is 6.07 Å². The Hall–Kier alpha value is -0.620. The zero-order valence-electron chi connectivity index (χ0n) is 8.28. The summed E-state index contributed by atoms with van der Waals surface area (Å²) in [5.74, 6) is -0.345. The molecule has 1 aromatic carbocycles. The second-order valence-corrected chi connectivity index (χ2v) is 4.44. The zero-order valence-corrected chi connectivity index (χ0v) is 10.6. The molecule has 0 aromatic heterocycles. The number of hydrogen-bond donors (Lipinski definition) is 3. The van der Waals surface area contributed by atoms with Crippen LogP contribution in [0.2, 0.25) is 5.02 Å². The first kappa shape index (κ1) is 13.4. The van der Waals surface area contributed by atoms with E-state index in [0.29, 0.717) is 15.1 Å². The molecule has 0 aliphatic heterocycles. The normalized spacial score (nSPS) is 12.2. The Bertz CT molecular complexity index is 386. The van der Waals surface area contributed by atoms with Gasteiger partial charge in [-0.15, -0.1) is 0 Å². The number of carbonyl (C=O) groups excluding carboxylic acids is 1. The standard InChI is InChI=1S/C10H11BrClNO3/c11-8-2-1-6(3-9(8)12)10(16)13-4-7(15)5-14/h1-3,7,14-15H,4-5H2,(H,13,16). The molecule has 0 heterocycles. The number of amides is 1. The fourth-order valence-corrected chi connectivity index (χ4v) is 1.44. The van der Waals surface area contributed by atoms with E-state index in [0.717, 1.165) is 0 Å². The minimum absolute atomic E-state index is 0.00299. The van der Waals surface area contributed by atoms with Gasteiger partial charge < -0.3 is 15.5 Å². The summed E-state index contributed by atoms with van der Waals surface area (Å²) in [6.45, 7) is -0.385. The fourth-order valence-electron chi connectivity index (χ4n) is 1.01. The monoisotopic (exact) mass is 307 g/mol. The molecule has 88 valence electrons. The van der Waals surface area contributed by atoms with Crippen molar-refractivity contribution in [1.29, 1.82) is 0 Å². The van der Waals surface area contributed by atoms with Gasteiger partial charge >= 0.3 is 0 Å². The number of nitrogens with one attached hydrogen (secondary N) is 1. The number of benzene rings is 1. The van der Waals surface area contributed by atoms with Crippen molar-refractivity contribution in [2.75, 3.05) is 13.2 Å². The van der Waals surface area contributed by atoms with Crippen LogP contribution in [0.15, 0.2) is 22.7 Å². The van der Waals surface area contributed by atoms with Gasteiger partial charge in [0.05, 0.1) is 17.7 Å². The predicted octanol–water partition coefficient (Wildman–Crippen LogP) is 1.19. The third-order valence-electron chi connectivity index (χ3n) is 1.89. The van der Waals surface area contributed by atoms with Gasteiger partial charge in [-0.25, -0.2) is 0 Å². The number of rotatable bonds is 4. The van der Waals surface area contributed by atoms with Gasteiger partial charge in [0.1, 0.15) is 0 Å². The van der Waals surface area contributed by atoms with Crippen molar-refractivity contribution in [3.05, 3.63) is 33.3 Å². The van der Waals surface area contributed by atoms with E-state index >= 15 is 0 Å². The minimum Gasteiger partial charge on any atom is -0.394 e. The highest BCUT2D eigenvalue weighted by molar-refractivity contribution is 9.10. The molecule has 0 aliphatic rings. The van der Waals surface area contributed by atoms with Crippen molar-refractivity contribution in [3.63, 3.8) is 0 Å². The Morgan fingerprint density at radius 3 is 2.81 bits per heavy atom. The predicted molar refractivity (Wildman–Crippen MR) is 64.6 cm³/mol. The van der Waals surface area contributed by atoms with Crippen molar-refractivity contribution >= 4 is 33.4 Å². The minimum atomic E-state index is -0.949. The van der Waals surface area contributed by atoms with Crippen molar-refractivity contribution in [2.24, 2.45) is 0 Å². The fraction of sp³-hybridized carbons (Fsp3) is 0.300. The van der Waals surface area contributed by atoms with Gasteiger partial charge in [0.2, 0.25) is 0 Å². The number of aliphatic hydroxyl groups is 2. The molecule has 0 radical (unpaired) electrons. The van der Waals surface area contributed by atoms with Crippen LogP contribution in [0.1, 0.15) is 10.4 Å². The summed E-state index contributed by atoms with van der Waals surface area (Å²) in [4.78, 5) is 11.6. The molecule has 16 heavy (non-hydrogen) atoms. The highest BCUT2D eigenvalue weighted by atomic mass is 79.9. The topological polar surface area (TPSA) is 69.6 Å². The molecule has 0 saturated heterocycles. The maximum absolute atomic E-state index is 11.6.